The van der Waals surface area contributed by atoms with Crippen molar-refractivity contribution in [3.05, 3.63) is 83.1 Å². The van der Waals surface area contributed by atoms with E-state index in [1.165, 1.54) is 4.90 Å². The van der Waals surface area contributed by atoms with Gasteiger partial charge < -0.3 is 19.7 Å². The van der Waals surface area contributed by atoms with Crippen LogP contribution in [0.15, 0.2) is 67.0 Å². The largest absolute Gasteiger partial charge is 0.490 e. The fraction of sp³-hybridized carbons (Fsp3) is 0.208. The second-order valence-corrected chi connectivity index (χ2v) is 7.40. The van der Waals surface area contributed by atoms with Crippen LogP contribution < -0.4 is 14.8 Å². The molecule has 0 fully saturated rings. The summed E-state index contributed by atoms with van der Waals surface area (Å²) in [5.74, 6) is 0.336. The summed E-state index contributed by atoms with van der Waals surface area (Å²) >= 11 is 5.93. The third kappa shape index (κ3) is 6.46. The van der Waals surface area contributed by atoms with E-state index in [0.717, 1.165) is 5.56 Å². The SMILES string of the molecule is CCOc1cc(C(=O)N(C)CC(=O)Nc2cccc(Cl)c2)ccc1OCc1cccnc1. The van der Waals surface area contributed by atoms with Gasteiger partial charge in [-0.05, 0) is 49.4 Å². The molecule has 1 N–H and O–H groups in total. The second kappa shape index (κ2) is 11.2. The van der Waals surface area contributed by atoms with Crippen molar-refractivity contribution in [3.63, 3.8) is 0 Å². The first-order chi connectivity index (χ1) is 15.5. The van der Waals surface area contributed by atoms with E-state index in [1.54, 1.807) is 61.9 Å². The first-order valence-electron chi connectivity index (χ1n) is 10.1. The highest BCUT2D eigenvalue weighted by Crippen LogP contribution is 2.29. The number of anilines is 1. The molecule has 1 aromatic heterocycles. The predicted molar refractivity (Wildman–Crippen MR) is 123 cm³/mol. The number of carbonyl (C=O) groups is 2. The lowest BCUT2D eigenvalue weighted by Gasteiger charge is -2.18. The van der Waals surface area contributed by atoms with E-state index in [0.29, 0.717) is 41.0 Å². The monoisotopic (exact) mass is 453 g/mol. The number of hydrogen-bond donors (Lipinski definition) is 1. The maximum absolute atomic E-state index is 12.9. The van der Waals surface area contributed by atoms with Crippen LogP contribution in [0.3, 0.4) is 0 Å². The quantitative estimate of drug-likeness (QED) is 0.518. The smallest absolute Gasteiger partial charge is 0.254 e. The standard InChI is InChI=1S/C24H24ClN3O4/c1-3-31-22-12-18(9-10-21(22)32-16-17-6-5-11-26-14-17)24(30)28(2)15-23(29)27-20-8-4-7-19(25)13-20/h4-14H,3,15-16H2,1-2H3,(H,27,29). The summed E-state index contributed by atoms with van der Waals surface area (Å²) in [5, 5.41) is 3.24. The highest BCUT2D eigenvalue weighted by molar-refractivity contribution is 6.30. The topological polar surface area (TPSA) is 80.8 Å². The zero-order chi connectivity index (χ0) is 22.9. The molecule has 1 heterocycles. The van der Waals surface area contributed by atoms with Crippen molar-refractivity contribution < 1.29 is 19.1 Å². The van der Waals surface area contributed by atoms with Gasteiger partial charge in [0.15, 0.2) is 11.5 Å². The average molecular weight is 454 g/mol. The van der Waals surface area contributed by atoms with E-state index in [4.69, 9.17) is 21.1 Å². The van der Waals surface area contributed by atoms with E-state index < -0.39 is 0 Å². The van der Waals surface area contributed by atoms with Crippen molar-refractivity contribution in [1.82, 2.24) is 9.88 Å². The Kier molecular flexibility index (Phi) is 8.05. The molecule has 32 heavy (non-hydrogen) atoms. The lowest BCUT2D eigenvalue weighted by atomic mass is 10.1. The van der Waals surface area contributed by atoms with Crippen molar-refractivity contribution in [2.45, 2.75) is 13.5 Å². The Labute approximate surface area is 191 Å². The molecule has 166 valence electrons. The van der Waals surface area contributed by atoms with Crippen LogP contribution in [0, 0.1) is 0 Å². The normalized spacial score (nSPS) is 10.3. The van der Waals surface area contributed by atoms with Crippen LogP contribution in [0.2, 0.25) is 5.02 Å². The fourth-order valence-electron chi connectivity index (χ4n) is 2.95. The van der Waals surface area contributed by atoms with Crippen LogP contribution in [0.25, 0.3) is 0 Å². The number of amides is 2. The number of rotatable bonds is 9. The van der Waals surface area contributed by atoms with Crippen LogP contribution in [0.1, 0.15) is 22.8 Å². The van der Waals surface area contributed by atoms with E-state index >= 15 is 0 Å². The first-order valence-corrected chi connectivity index (χ1v) is 10.4. The minimum atomic E-state index is -0.329. The number of likely N-dealkylation sites (N-methyl/N-ethyl adjacent to an activating group) is 1. The van der Waals surface area contributed by atoms with Gasteiger partial charge in [0.1, 0.15) is 6.61 Å². The fourth-order valence-corrected chi connectivity index (χ4v) is 3.14. The average Bonchev–Trinajstić information content (AvgIpc) is 2.78. The Morgan fingerprint density at radius 1 is 1.06 bits per heavy atom. The van der Waals surface area contributed by atoms with E-state index in [9.17, 15) is 9.59 Å². The molecule has 2 aromatic carbocycles. The molecule has 0 saturated carbocycles. The number of nitrogens with zero attached hydrogens (tertiary/aromatic N) is 2. The lowest BCUT2D eigenvalue weighted by Crippen LogP contribution is -2.34. The van der Waals surface area contributed by atoms with Gasteiger partial charge in [-0.15, -0.1) is 0 Å². The minimum Gasteiger partial charge on any atom is -0.490 e. The summed E-state index contributed by atoms with van der Waals surface area (Å²) in [6.45, 7) is 2.48. The maximum atomic E-state index is 12.9. The van der Waals surface area contributed by atoms with Crippen LogP contribution in [0.4, 0.5) is 5.69 Å². The number of ether oxygens (including phenoxy) is 2. The number of nitrogens with one attached hydrogen (secondary N) is 1. The molecule has 0 bridgehead atoms. The maximum Gasteiger partial charge on any atom is 0.254 e. The Morgan fingerprint density at radius 2 is 1.91 bits per heavy atom. The number of pyridine rings is 1. The van der Waals surface area contributed by atoms with Gasteiger partial charge in [0, 0.05) is 41.3 Å². The highest BCUT2D eigenvalue weighted by atomic mass is 35.5. The summed E-state index contributed by atoms with van der Waals surface area (Å²) in [6.07, 6.45) is 3.42. The Bertz CT molecular complexity index is 1080. The third-order valence-electron chi connectivity index (χ3n) is 4.44. The predicted octanol–water partition coefficient (Wildman–Crippen LogP) is 4.42. The minimum absolute atomic E-state index is 0.116. The van der Waals surface area contributed by atoms with Crippen molar-refractivity contribution in [2.24, 2.45) is 0 Å². The summed E-state index contributed by atoms with van der Waals surface area (Å²) in [4.78, 5) is 30.6. The molecule has 0 aliphatic carbocycles. The number of aromatic nitrogens is 1. The summed E-state index contributed by atoms with van der Waals surface area (Å²) in [5.41, 5.74) is 1.87. The molecular weight excluding hydrogens is 430 g/mol. The molecular formula is C24H24ClN3O4. The molecule has 0 spiro atoms. The van der Waals surface area contributed by atoms with Crippen molar-refractivity contribution >= 4 is 29.1 Å². The van der Waals surface area contributed by atoms with E-state index in [1.807, 2.05) is 19.1 Å². The van der Waals surface area contributed by atoms with Crippen molar-refractivity contribution in [2.75, 3.05) is 25.5 Å². The Morgan fingerprint density at radius 3 is 2.62 bits per heavy atom. The van der Waals surface area contributed by atoms with Crippen molar-refractivity contribution in [1.29, 1.82) is 0 Å². The van der Waals surface area contributed by atoms with Crippen LogP contribution in [-0.2, 0) is 11.4 Å². The number of hydrogen-bond acceptors (Lipinski definition) is 5. The number of halogens is 1. The van der Waals surface area contributed by atoms with E-state index in [-0.39, 0.29) is 18.4 Å². The molecule has 0 atom stereocenters. The van der Waals surface area contributed by atoms with Gasteiger partial charge >= 0.3 is 0 Å². The first kappa shape index (κ1) is 23.1. The summed E-state index contributed by atoms with van der Waals surface area (Å²) in [7, 11) is 1.56. The molecule has 8 heteroatoms. The van der Waals surface area contributed by atoms with Gasteiger partial charge in [-0.2, -0.15) is 0 Å². The number of benzene rings is 2. The zero-order valence-electron chi connectivity index (χ0n) is 17.9. The highest BCUT2D eigenvalue weighted by Gasteiger charge is 2.18. The molecule has 3 rings (SSSR count). The van der Waals surface area contributed by atoms with Gasteiger partial charge in [0.05, 0.1) is 13.2 Å². The molecule has 0 aliphatic rings. The molecule has 3 aromatic rings. The van der Waals surface area contributed by atoms with Crippen LogP contribution in [0.5, 0.6) is 11.5 Å². The van der Waals surface area contributed by atoms with Gasteiger partial charge in [-0.1, -0.05) is 23.7 Å². The molecule has 7 nitrogen and oxygen atoms in total. The third-order valence-corrected chi connectivity index (χ3v) is 4.68. The van der Waals surface area contributed by atoms with Gasteiger partial charge in [0.2, 0.25) is 5.91 Å². The Hall–Kier alpha value is -3.58. The summed E-state index contributed by atoms with van der Waals surface area (Å²) in [6, 6.07) is 15.5. The Balaban J connectivity index is 1.65. The van der Waals surface area contributed by atoms with Crippen molar-refractivity contribution in [3.8, 4) is 11.5 Å². The number of carbonyl (C=O) groups excluding carboxylic acids is 2. The second-order valence-electron chi connectivity index (χ2n) is 6.96. The van der Waals surface area contributed by atoms with Crippen LogP contribution >= 0.6 is 11.6 Å². The summed E-state index contributed by atoms with van der Waals surface area (Å²) < 4.78 is 11.5. The molecule has 2 amide bonds. The molecule has 0 saturated heterocycles. The lowest BCUT2D eigenvalue weighted by molar-refractivity contribution is -0.116. The van der Waals surface area contributed by atoms with Crippen LogP contribution in [-0.4, -0.2) is 41.9 Å². The zero-order valence-corrected chi connectivity index (χ0v) is 18.6. The molecule has 0 unspecified atom stereocenters. The van der Waals surface area contributed by atoms with Gasteiger partial charge in [-0.25, -0.2) is 0 Å². The van der Waals surface area contributed by atoms with Gasteiger partial charge in [-0.3, -0.25) is 14.6 Å². The molecule has 0 radical (unpaired) electrons. The van der Waals surface area contributed by atoms with Gasteiger partial charge in [0.25, 0.3) is 5.91 Å². The molecule has 0 aliphatic heterocycles. The van der Waals surface area contributed by atoms with E-state index in [2.05, 4.69) is 10.3 Å².